The Bertz CT molecular complexity index is 1270. The predicted octanol–water partition coefficient (Wildman–Crippen LogP) is 3.47. The number of hydrogen-bond donors (Lipinski definition) is 5. The van der Waals surface area contributed by atoms with Crippen molar-refractivity contribution in [2.24, 2.45) is 44.8 Å². The fourth-order valence-electron chi connectivity index (χ4n) is 13.7. The molecule has 0 aromatic rings. The van der Waals surface area contributed by atoms with Crippen molar-refractivity contribution in [1.29, 1.82) is 0 Å². The van der Waals surface area contributed by atoms with Crippen LogP contribution in [0.3, 0.4) is 0 Å². The summed E-state index contributed by atoms with van der Waals surface area (Å²) in [6.07, 6.45) is 1.51. The summed E-state index contributed by atoms with van der Waals surface area (Å²) in [5.41, 5.74) is -2.49. The SMILES string of the molecule is CC(=O)O[C@H]1[C@H](O)[C@H]([C@]2(C)CCC(C(C)(C)O)O2)[C@@]2(C)CC[C@@]34C[C@@]35CC[C@H](O[C@@H]3OC[C@@H](O)[C@H](O)[C@H]3O)C(C)(C)[C@@H]5CC[C@H]4[C@]12C. The fraction of sp³-hybridized carbons (Fsp3) is 0.973. The molecule has 268 valence electrons. The third-order valence-electron chi connectivity index (χ3n) is 15.9. The van der Waals surface area contributed by atoms with E-state index in [0.717, 1.165) is 51.4 Å². The van der Waals surface area contributed by atoms with Gasteiger partial charge in [-0.3, -0.25) is 4.79 Å². The maximum absolute atomic E-state index is 12.7. The van der Waals surface area contributed by atoms with Gasteiger partial charge in [-0.2, -0.15) is 0 Å². The highest BCUT2D eigenvalue weighted by molar-refractivity contribution is 5.66. The number of hydrogen-bond acceptors (Lipinski definition) is 10. The van der Waals surface area contributed by atoms with Crippen LogP contribution in [-0.4, -0.2) is 98.3 Å². The van der Waals surface area contributed by atoms with E-state index in [4.69, 9.17) is 18.9 Å². The third-order valence-corrected chi connectivity index (χ3v) is 15.9. The molecule has 5 N–H and O–H groups in total. The summed E-state index contributed by atoms with van der Waals surface area (Å²) < 4.78 is 25.1. The lowest BCUT2D eigenvalue weighted by Gasteiger charge is -2.64. The second-order valence-electron chi connectivity index (χ2n) is 18.7. The van der Waals surface area contributed by atoms with Gasteiger partial charge in [0, 0.05) is 18.3 Å². The number of esters is 1. The topological polar surface area (TPSA) is 155 Å². The molecule has 16 atom stereocenters. The van der Waals surface area contributed by atoms with Crippen molar-refractivity contribution >= 4 is 5.97 Å². The van der Waals surface area contributed by atoms with Crippen LogP contribution in [0.4, 0.5) is 0 Å². The molecule has 7 aliphatic rings. The molecule has 0 radical (unpaired) electrons. The first-order chi connectivity index (χ1) is 21.7. The highest BCUT2D eigenvalue weighted by atomic mass is 16.7. The zero-order chi connectivity index (χ0) is 34.3. The molecule has 2 aliphatic heterocycles. The monoisotopic (exact) mass is 664 g/mol. The molecule has 0 aromatic carbocycles. The molecule has 1 unspecified atom stereocenters. The van der Waals surface area contributed by atoms with Crippen molar-refractivity contribution in [2.45, 2.75) is 173 Å². The molecule has 2 spiro atoms. The van der Waals surface area contributed by atoms with Gasteiger partial charge in [-0.25, -0.2) is 0 Å². The van der Waals surface area contributed by atoms with Crippen LogP contribution in [0.5, 0.6) is 0 Å². The van der Waals surface area contributed by atoms with Gasteiger partial charge in [0.05, 0.1) is 36.1 Å². The highest BCUT2D eigenvalue weighted by Crippen LogP contribution is 2.89. The minimum Gasteiger partial charge on any atom is -0.459 e. The molecule has 0 aromatic heterocycles. The smallest absolute Gasteiger partial charge is 0.303 e. The van der Waals surface area contributed by atoms with Gasteiger partial charge in [0.25, 0.3) is 0 Å². The Morgan fingerprint density at radius 1 is 0.830 bits per heavy atom. The van der Waals surface area contributed by atoms with Crippen LogP contribution in [0.15, 0.2) is 0 Å². The Morgan fingerprint density at radius 3 is 2.13 bits per heavy atom. The Balaban J connectivity index is 1.19. The van der Waals surface area contributed by atoms with E-state index in [2.05, 4.69) is 34.6 Å². The third kappa shape index (κ3) is 4.47. The molecular formula is C37H60O10. The number of carbonyl (C=O) groups is 1. The van der Waals surface area contributed by atoms with Gasteiger partial charge in [-0.15, -0.1) is 0 Å². The van der Waals surface area contributed by atoms with Crippen LogP contribution < -0.4 is 0 Å². The molecule has 7 rings (SSSR count). The van der Waals surface area contributed by atoms with Crippen LogP contribution in [0.2, 0.25) is 0 Å². The lowest BCUT2D eigenvalue weighted by Crippen LogP contribution is -2.62. The minimum absolute atomic E-state index is 0.0770. The second-order valence-corrected chi connectivity index (χ2v) is 18.7. The Morgan fingerprint density at radius 2 is 1.49 bits per heavy atom. The number of ether oxygens (including phenoxy) is 4. The molecule has 47 heavy (non-hydrogen) atoms. The van der Waals surface area contributed by atoms with Crippen LogP contribution in [0.1, 0.15) is 113 Å². The van der Waals surface area contributed by atoms with Gasteiger partial charge in [-0.1, -0.05) is 27.7 Å². The van der Waals surface area contributed by atoms with E-state index in [-0.39, 0.29) is 58.3 Å². The van der Waals surface area contributed by atoms with Crippen molar-refractivity contribution < 1.29 is 49.3 Å². The minimum atomic E-state index is -1.31. The van der Waals surface area contributed by atoms with Crippen molar-refractivity contribution in [2.75, 3.05) is 6.61 Å². The van der Waals surface area contributed by atoms with Crippen molar-refractivity contribution in [3.05, 3.63) is 0 Å². The zero-order valence-corrected chi connectivity index (χ0v) is 29.7. The molecule has 2 saturated heterocycles. The Labute approximate surface area is 279 Å². The molecule has 5 aliphatic carbocycles. The van der Waals surface area contributed by atoms with E-state index in [9.17, 15) is 30.3 Å². The molecule has 5 saturated carbocycles. The summed E-state index contributed by atoms with van der Waals surface area (Å²) in [4.78, 5) is 12.7. The number of aliphatic hydroxyl groups excluding tert-OH is 4. The fourth-order valence-corrected chi connectivity index (χ4v) is 13.7. The van der Waals surface area contributed by atoms with E-state index in [1.807, 2.05) is 0 Å². The van der Waals surface area contributed by atoms with Crippen molar-refractivity contribution in [3.8, 4) is 0 Å². The molecule has 7 fully saturated rings. The van der Waals surface area contributed by atoms with Gasteiger partial charge in [0.2, 0.25) is 0 Å². The first-order valence-electron chi connectivity index (χ1n) is 18.3. The maximum Gasteiger partial charge on any atom is 0.303 e. The maximum atomic E-state index is 12.7. The van der Waals surface area contributed by atoms with Crippen LogP contribution in [-0.2, 0) is 23.7 Å². The van der Waals surface area contributed by atoms with Crippen molar-refractivity contribution in [3.63, 3.8) is 0 Å². The molecule has 0 amide bonds. The van der Waals surface area contributed by atoms with Gasteiger partial charge in [0.15, 0.2) is 6.29 Å². The van der Waals surface area contributed by atoms with Crippen LogP contribution in [0.25, 0.3) is 0 Å². The van der Waals surface area contributed by atoms with E-state index in [1.165, 1.54) is 6.92 Å². The molecule has 0 bridgehead atoms. The molecule has 10 heteroatoms. The zero-order valence-electron chi connectivity index (χ0n) is 29.7. The van der Waals surface area contributed by atoms with Gasteiger partial charge < -0.3 is 44.5 Å². The predicted molar refractivity (Wildman–Crippen MR) is 171 cm³/mol. The van der Waals surface area contributed by atoms with Gasteiger partial charge in [0.1, 0.15) is 24.4 Å². The number of aliphatic hydroxyl groups is 5. The number of carbonyl (C=O) groups excluding carboxylic acids is 1. The Kier molecular flexibility index (Phi) is 7.80. The standard InChI is InChI=1S/C37H60O10/c1-19(38)45-29-27(42)28(34(7)13-11-24(47-34)32(4,5)43)33(6)15-16-37-18-36(37)14-12-23(46-30-26(41)25(40)20(39)17-44-30)31(2,3)21(36)9-10-22(37)35(29,33)8/h20-30,39-43H,9-18H2,1-8H3/t20-,21+,22+,23+,24?,25+,26-,27-,28+,29+,30+,33-,34+,35-,36-,37+/m1/s1. The first-order valence-corrected chi connectivity index (χ1v) is 18.3. The summed E-state index contributed by atoms with van der Waals surface area (Å²) in [6, 6.07) is 0. The normalized spacial score (nSPS) is 56.6. The van der Waals surface area contributed by atoms with E-state index < -0.39 is 53.4 Å². The van der Waals surface area contributed by atoms with Gasteiger partial charge >= 0.3 is 5.97 Å². The summed E-state index contributed by atoms with van der Waals surface area (Å²) in [6.45, 7) is 16.2. The second kappa shape index (κ2) is 10.6. The molecule has 10 nitrogen and oxygen atoms in total. The quantitative estimate of drug-likeness (QED) is 0.218. The first kappa shape index (κ1) is 34.6. The summed E-state index contributed by atoms with van der Waals surface area (Å²) in [5, 5.41) is 54.0. The molecular weight excluding hydrogens is 604 g/mol. The summed E-state index contributed by atoms with van der Waals surface area (Å²) in [7, 11) is 0. The lowest BCUT2D eigenvalue weighted by atomic mass is 9.41. The molecule has 2 heterocycles. The summed E-state index contributed by atoms with van der Waals surface area (Å²) in [5.74, 6) is 0.0227. The summed E-state index contributed by atoms with van der Waals surface area (Å²) >= 11 is 0. The number of fused-ring (bicyclic) bond motifs is 2. The van der Waals surface area contributed by atoms with Crippen LogP contribution >= 0.6 is 0 Å². The van der Waals surface area contributed by atoms with Crippen LogP contribution in [0, 0.1) is 44.8 Å². The Hall–Kier alpha value is -0.850. The average Bonchev–Trinajstić information content (AvgIpc) is 3.40. The average molecular weight is 665 g/mol. The van der Waals surface area contributed by atoms with Crippen molar-refractivity contribution in [1.82, 2.24) is 0 Å². The van der Waals surface area contributed by atoms with Gasteiger partial charge in [-0.05, 0) is 112 Å². The lowest BCUT2D eigenvalue weighted by molar-refractivity contribution is -0.303. The van der Waals surface area contributed by atoms with E-state index in [0.29, 0.717) is 12.3 Å². The highest BCUT2D eigenvalue weighted by Gasteiger charge is 2.85. The van der Waals surface area contributed by atoms with E-state index in [1.54, 1.807) is 13.8 Å². The largest absolute Gasteiger partial charge is 0.459 e. The number of rotatable bonds is 5. The van der Waals surface area contributed by atoms with E-state index >= 15 is 0 Å².